The van der Waals surface area contributed by atoms with Crippen LogP contribution in [0.3, 0.4) is 0 Å². The van der Waals surface area contributed by atoms with Crippen LogP contribution in [0.4, 0.5) is 5.69 Å². The largest absolute Gasteiger partial charge is 0.493 e. The second-order valence-corrected chi connectivity index (χ2v) is 4.77. The Labute approximate surface area is 136 Å². The number of hydrogen-bond donors (Lipinski definition) is 0. The molecule has 0 saturated heterocycles. The SMILES string of the molecule is COc1cccc(-c2nc(-c3cccc([N+](=O)[O-])c3)no2)c1OC. The first-order valence-electron chi connectivity index (χ1n) is 6.94. The summed E-state index contributed by atoms with van der Waals surface area (Å²) in [5.41, 5.74) is 1.01. The minimum atomic E-state index is -0.477. The van der Waals surface area contributed by atoms with Gasteiger partial charge in [0.05, 0.1) is 24.7 Å². The average Bonchev–Trinajstić information content (AvgIpc) is 3.11. The van der Waals surface area contributed by atoms with Gasteiger partial charge in [-0.05, 0) is 12.1 Å². The van der Waals surface area contributed by atoms with E-state index in [1.54, 1.807) is 30.3 Å². The monoisotopic (exact) mass is 327 g/mol. The third-order valence-corrected chi connectivity index (χ3v) is 3.37. The van der Waals surface area contributed by atoms with Gasteiger partial charge in [-0.2, -0.15) is 4.98 Å². The van der Waals surface area contributed by atoms with Gasteiger partial charge in [0.1, 0.15) is 0 Å². The molecule has 0 saturated carbocycles. The van der Waals surface area contributed by atoms with Crippen LogP contribution in [0.5, 0.6) is 11.5 Å². The van der Waals surface area contributed by atoms with E-state index in [0.29, 0.717) is 22.6 Å². The molecule has 2 aromatic carbocycles. The zero-order chi connectivity index (χ0) is 17.1. The molecule has 122 valence electrons. The highest BCUT2D eigenvalue weighted by atomic mass is 16.6. The Morgan fingerprint density at radius 1 is 1.12 bits per heavy atom. The molecule has 0 aliphatic rings. The average molecular weight is 327 g/mol. The van der Waals surface area contributed by atoms with E-state index in [4.69, 9.17) is 14.0 Å². The minimum absolute atomic E-state index is 0.0437. The molecule has 24 heavy (non-hydrogen) atoms. The Kier molecular flexibility index (Phi) is 4.11. The van der Waals surface area contributed by atoms with Crippen LogP contribution >= 0.6 is 0 Å². The number of nitrogens with zero attached hydrogens (tertiary/aromatic N) is 3. The van der Waals surface area contributed by atoms with E-state index in [1.807, 2.05) is 0 Å². The van der Waals surface area contributed by atoms with E-state index in [-0.39, 0.29) is 17.4 Å². The quantitative estimate of drug-likeness (QED) is 0.523. The van der Waals surface area contributed by atoms with E-state index in [9.17, 15) is 10.1 Å². The molecule has 8 nitrogen and oxygen atoms in total. The highest BCUT2D eigenvalue weighted by Gasteiger charge is 2.18. The van der Waals surface area contributed by atoms with Crippen LogP contribution in [0.2, 0.25) is 0 Å². The van der Waals surface area contributed by atoms with Crippen LogP contribution in [0.1, 0.15) is 0 Å². The molecule has 0 unspecified atom stereocenters. The van der Waals surface area contributed by atoms with Gasteiger partial charge in [-0.15, -0.1) is 0 Å². The van der Waals surface area contributed by atoms with Crippen LogP contribution in [-0.2, 0) is 0 Å². The van der Waals surface area contributed by atoms with Gasteiger partial charge in [0.2, 0.25) is 5.82 Å². The van der Waals surface area contributed by atoms with Crippen molar-refractivity contribution in [3.05, 3.63) is 52.6 Å². The summed E-state index contributed by atoms with van der Waals surface area (Å²) >= 11 is 0. The van der Waals surface area contributed by atoms with Gasteiger partial charge < -0.3 is 14.0 Å². The van der Waals surface area contributed by atoms with E-state index >= 15 is 0 Å². The Morgan fingerprint density at radius 3 is 2.62 bits per heavy atom. The molecule has 1 heterocycles. The maximum Gasteiger partial charge on any atom is 0.270 e. The number of para-hydroxylation sites is 1. The lowest BCUT2D eigenvalue weighted by Gasteiger charge is -2.09. The molecule has 8 heteroatoms. The van der Waals surface area contributed by atoms with E-state index in [0.717, 1.165) is 0 Å². The molecular formula is C16H13N3O5. The van der Waals surface area contributed by atoms with Crippen LogP contribution in [0.15, 0.2) is 47.0 Å². The molecular weight excluding hydrogens is 314 g/mol. The Balaban J connectivity index is 2.03. The molecule has 0 aliphatic heterocycles. The standard InChI is InChI=1S/C16H13N3O5/c1-22-13-8-4-7-12(14(13)23-2)16-17-15(18-24-16)10-5-3-6-11(9-10)19(20)21/h3-9H,1-2H3. The maximum absolute atomic E-state index is 10.9. The summed E-state index contributed by atoms with van der Waals surface area (Å²) in [7, 11) is 3.04. The fourth-order valence-electron chi connectivity index (χ4n) is 2.26. The van der Waals surface area contributed by atoms with Gasteiger partial charge in [-0.25, -0.2) is 0 Å². The predicted molar refractivity (Wildman–Crippen MR) is 84.9 cm³/mol. The van der Waals surface area contributed by atoms with E-state index < -0.39 is 4.92 Å². The first-order chi connectivity index (χ1) is 11.6. The number of hydrogen-bond acceptors (Lipinski definition) is 7. The van der Waals surface area contributed by atoms with Crippen molar-refractivity contribution >= 4 is 5.69 Å². The summed E-state index contributed by atoms with van der Waals surface area (Å²) in [6, 6.07) is 11.3. The van der Waals surface area contributed by atoms with Crippen molar-refractivity contribution in [3.63, 3.8) is 0 Å². The summed E-state index contributed by atoms with van der Waals surface area (Å²) in [4.78, 5) is 14.7. The van der Waals surface area contributed by atoms with Crippen LogP contribution in [0.25, 0.3) is 22.8 Å². The second kappa shape index (κ2) is 6.37. The number of rotatable bonds is 5. The lowest BCUT2D eigenvalue weighted by atomic mass is 10.1. The lowest BCUT2D eigenvalue weighted by Crippen LogP contribution is -1.93. The van der Waals surface area contributed by atoms with Crippen molar-refractivity contribution in [1.82, 2.24) is 10.1 Å². The number of ether oxygens (including phenoxy) is 2. The number of aromatic nitrogens is 2. The van der Waals surface area contributed by atoms with Crippen molar-refractivity contribution in [2.75, 3.05) is 14.2 Å². The van der Waals surface area contributed by atoms with Crippen molar-refractivity contribution < 1.29 is 18.9 Å². The summed E-state index contributed by atoms with van der Waals surface area (Å²) in [6.45, 7) is 0. The van der Waals surface area contributed by atoms with Gasteiger partial charge in [0, 0.05) is 17.7 Å². The fourth-order valence-corrected chi connectivity index (χ4v) is 2.26. The molecule has 3 aromatic rings. The van der Waals surface area contributed by atoms with Crippen LogP contribution < -0.4 is 9.47 Å². The molecule has 0 spiro atoms. The van der Waals surface area contributed by atoms with Crippen molar-refractivity contribution in [3.8, 4) is 34.3 Å². The molecule has 3 rings (SSSR count). The molecule has 0 fully saturated rings. The third kappa shape index (κ3) is 2.76. The van der Waals surface area contributed by atoms with Crippen LogP contribution in [0, 0.1) is 10.1 Å². The van der Waals surface area contributed by atoms with Gasteiger partial charge in [0.25, 0.3) is 11.6 Å². The van der Waals surface area contributed by atoms with Crippen molar-refractivity contribution in [2.24, 2.45) is 0 Å². The molecule has 0 aliphatic carbocycles. The molecule has 1 aromatic heterocycles. The Hall–Kier alpha value is -3.42. The Bertz CT molecular complexity index is 891. The molecule has 0 radical (unpaired) electrons. The van der Waals surface area contributed by atoms with Gasteiger partial charge >= 0.3 is 0 Å². The number of non-ortho nitro benzene ring substituents is 1. The fraction of sp³-hybridized carbons (Fsp3) is 0.125. The molecule has 0 N–H and O–H groups in total. The number of methoxy groups -OCH3 is 2. The first kappa shape index (κ1) is 15.5. The zero-order valence-corrected chi connectivity index (χ0v) is 12.9. The van der Waals surface area contributed by atoms with Gasteiger partial charge in [-0.3, -0.25) is 10.1 Å². The highest BCUT2D eigenvalue weighted by Crippen LogP contribution is 2.37. The van der Waals surface area contributed by atoms with Gasteiger partial charge in [0.15, 0.2) is 11.5 Å². The summed E-state index contributed by atoms with van der Waals surface area (Å²) in [5, 5.41) is 14.8. The molecule has 0 atom stereocenters. The smallest absolute Gasteiger partial charge is 0.270 e. The molecule has 0 bridgehead atoms. The first-order valence-corrected chi connectivity index (χ1v) is 6.94. The van der Waals surface area contributed by atoms with Gasteiger partial charge in [-0.1, -0.05) is 23.4 Å². The lowest BCUT2D eigenvalue weighted by molar-refractivity contribution is -0.384. The third-order valence-electron chi connectivity index (χ3n) is 3.37. The maximum atomic E-state index is 10.9. The normalized spacial score (nSPS) is 10.4. The van der Waals surface area contributed by atoms with E-state index in [1.165, 1.54) is 26.4 Å². The minimum Gasteiger partial charge on any atom is -0.493 e. The van der Waals surface area contributed by atoms with Crippen molar-refractivity contribution in [1.29, 1.82) is 0 Å². The van der Waals surface area contributed by atoms with Crippen LogP contribution in [-0.4, -0.2) is 29.3 Å². The highest BCUT2D eigenvalue weighted by molar-refractivity contribution is 5.69. The number of benzene rings is 2. The number of nitro benzene ring substituents is 1. The number of nitro groups is 1. The summed E-state index contributed by atoms with van der Waals surface area (Å²) < 4.78 is 15.9. The summed E-state index contributed by atoms with van der Waals surface area (Å²) in [6.07, 6.45) is 0. The van der Waals surface area contributed by atoms with E-state index in [2.05, 4.69) is 10.1 Å². The summed E-state index contributed by atoms with van der Waals surface area (Å²) in [5.74, 6) is 1.48. The topological polar surface area (TPSA) is 101 Å². The predicted octanol–water partition coefficient (Wildman–Crippen LogP) is 3.33. The zero-order valence-electron chi connectivity index (χ0n) is 12.9. The molecule has 0 amide bonds. The Morgan fingerprint density at radius 2 is 1.92 bits per heavy atom. The van der Waals surface area contributed by atoms with Crippen molar-refractivity contribution in [2.45, 2.75) is 0 Å². The second-order valence-electron chi connectivity index (χ2n) is 4.77.